The van der Waals surface area contributed by atoms with Gasteiger partial charge in [0.05, 0.1) is 7.11 Å². The number of benzene rings is 3. The first kappa shape index (κ1) is 27.2. The van der Waals surface area contributed by atoms with Crippen molar-refractivity contribution in [3.63, 3.8) is 0 Å². The molecule has 1 heterocycles. The molecule has 0 unspecified atom stereocenters. The molecular weight excluding hydrogens is 472 g/mol. The number of ether oxygens (including phenoxy) is 1. The van der Waals surface area contributed by atoms with Gasteiger partial charge in [0, 0.05) is 39.7 Å². The number of unbranched alkanes of at least 4 members (excludes halogenated alkanes) is 3. The second-order valence-electron chi connectivity index (χ2n) is 10.7. The lowest BCUT2D eigenvalue weighted by Crippen LogP contribution is -2.43. The molecule has 0 fully saturated rings. The summed E-state index contributed by atoms with van der Waals surface area (Å²) in [7, 11) is 1.64. The summed E-state index contributed by atoms with van der Waals surface area (Å²) in [5, 5.41) is 6.44. The predicted molar refractivity (Wildman–Crippen MR) is 155 cm³/mol. The minimum atomic E-state index is -0.192. The monoisotopic (exact) mass is 510 g/mol. The van der Waals surface area contributed by atoms with Crippen molar-refractivity contribution >= 4 is 23.1 Å². The second kappa shape index (κ2) is 12.1. The summed E-state index contributed by atoms with van der Waals surface area (Å²) < 4.78 is 5.41. The number of carbonyl (C=O) groups excluding carboxylic acids is 2. The normalized spacial score (nSPS) is 14.9. The Morgan fingerprint density at radius 2 is 1.76 bits per heavy atom. The van der Waals surface area contributed by atoms with Gasteiger partial charge in [0.1, 0.15) is 5.75 Å². The maximum absolute atomic E-state index is 13.3. The van der Waals surface area contributed by atoms with Gasteiger partial charge >= 0.3 is 0 Å². The third-order valence-electron chi connectivity index (χ3n) is 6.93. The van der Waals surface area contributed by atoms with Crippen LogP contribution in [0.3, 0.4) is 0 Å². The predicted octanol–water partition coefficient (Wildman–Crippen LogP) is 7.22. The number of rotatable bonds is 10. The third-order valence-corrected chi connectivity index (χ3v) is 6.93. The maximum Gasteiger partial charge on any atom is 0.255 e. The number of anilines is 1. The van der Waals surface area contributed by atoms with Gasteiger partial charge in [0.15, 0.2) is 5.78 Å². The van der Waals surface area contributed by atoms with E-state index in [2.05, 4.69) is 37.5 Å². The van der Waals surface area contributed by atoms with E-state index in [1.54, 1.807) is 37.5 Å². The molecule has 3 aromatic carbocycles. The highest BCUT2D eigenvalue weighted by molar-refractivity contribution is 6.10. The van der Waals surface area contributed by atoms with Gasteiger partial charge in [-0.1, -0.05) is 56.5 Å². The van der Waals surface area contributed by atoms with Gasteiger partial charge in [-0.3, -0.25) is 9.59 Å². The van der Waals surface area contributed by atoms with Crippen LogP contribution >= 0.6 is 0 Å². The topological polar surface area (TPSA) is 67.4 Å². The van der Waals surface area contributed by atoms with E-state index in [0.717, 1.165) is 29.9 Å². The molecule has 198 valence electrons. The maximum atomic E-state index is 13.3. The summed E-state index contributed by atoms with van der Waals surface area (Å²) >= 11 is 0. The zero-order valence-electron chi connectivity index (χ0n) is 22.9. The second-order valence-corrected chi connectivity index (χ2v) is 10.7. The van der Waals surface area contributed by atoms with E-state index in [4.69, 9.17) is 4.74 Å². The molecule has 0 atom stereocenters. The lowest BCUT2D eigenvalue weighted by atomic mass is 9.85. The van der Waals surface area contributed by atoms with Crippen LogP contribution in [0, 0.1) is 0 Å². The minimum absolute atomic E-state index is 0.137. The lowest BCUT2D eigenvalue weighted by molar-refractivity contribution is 0.102. The van der Waals surface area contributed by atoms with Crippen LogP contribution in [0.25, 0.3) is 5.70 Å². The molecule has 1 aliphatic heterocycles. The molecule has 2 N–H and O–H groups in total. The van der Waals surface area contributed by atoms with Crippen molar-refractivity contribution in [2.45, 2.75) is 64.8 Å². The summed E-state index contributed by atoms with van der Waals surface area (Å²) in [5.41, 5.74) is 5.65. The SMILES string of the molecule is CCCCCCc1ccc(C(=O)Nc2cccc(C(=O)/C=C3\NC(C)(C)Cc4ccc(OC)cc43)c2)cc1. The molecule has 0 aliphatic carbocycles. The van der Waals surface area contributed by atoms with Crippen molar-refractivity contribution < 1.29 is 14.3 Å². The van der Waals surface area contributed by atoms with Gasteiger partial charge in [-0.25, -0.2) is 0 Å². The van der Waals surface area contributed by atoms with E-state index in [-0.39, 0.29) is 17.2 Å². The van der Waals surface area contributed by atoms with E-state index < -0.39 is 0 Å². The standard InChI is InChI=1S/C33H38N2O3/c1-5-6-7-8-10-23-13-15-24(16-14-23)32(37)34-27-12-9-11-25(19-27)31(36)21-30-29-20-28(38-4)18-17-26(29)22-33(2,3)35-30/h9,11-21,35H,5-8,10,22H2,1-4H3,(H,34,37)/b30-21-. The molecule has 38 heavy (non-hydrogen) atoms. The highest BCUT2D eigenvalue weighted by Crippen LogP contribution is 2.32. The molecule has 0 spiro atoms. The fraction of sp³-hybridized carbons (Fsp3) is 0.333. The number of amides is 1. The van der Waals surface area contributed by atoms with E-state index in [1.807, 2.05) is 36.4 Å². The van der Waals surface area contributed by atoms with Crippen LogP contribution in [-0.4, -0.2) is 24.3 Å². The number of ketones is 1. The largest absolute Gasteiger partial charge is 0.497 e. The van der Waals surface area contributed by atoms with E-state index in [1.165, 1.54) is 36.8 Å². The minimum Gasteiger partial charge on any atom is -0.497 e. The van der Waals surface area contributed by atoms with Crippen molar-refractivity contribution in [3.05, 3.63) is 101 Å². The molecule has 3 aromatic rings. The van der Waals surface area contributed by atoms with Crippen LogP contribution in [0.1, 0.15) is 83.9 Å². The molecule has 0 aromatic heterocycles. The first-order valence-electron chi connectivity index (χ1n) is 13.5. The Morgan fingerprint density at radius 1 is 0.974 bits per heavy atom. The van der Waals surface area contributed by atoms with Gasteiger partial charge < -0.3 is 15.4 Å². The summed E-state index contributed by atoms with van der Waals surface area (Å²) in [6, 6.07) is 20.8. The van der Waals surface area contributed by atoms with E-state index >= 15 is 0 Å². The van der Waals surface area contributed by atoms with Gasteiger partial charge in [0.25, 0.3) is 5.91 Å². The molecule has 5 nitrogen and oxygen atoms in total. The Balaban J connectivity index is 1.47. The molecule has 0 radical (unpaired) electrons. The Labute approximate surface area is 226 Å². The highest BCUT2D eigenvalue weighted by atomic mass is 16.5. The van der Waals surface area contributed by atoms with Crippen LogP contribution in [0.15, 0.2) is 72.8 Å². The summed E-state index contributed by atoms with van der Waals surface area (Å²) in [5.74, 6) is 0.419. The van der Waals surface area contributed by atoms with E-state index in [0.29, 0.717) is 16.8 Å². The Hall–Kier alpha value is -3.86. The molecule has 0 saturated carbocycles. The van der Waals surface area contributed by atoms with Crippen molar-refractivity contribution in [2.75, 3.05) is 12.4 Å². The Morgan fingerprint density at radius 3 is 2.50 bits per heavy atom. The van der Waals surface area contributed by atoms with Crippen molar-refractivity contribution in [2.24, 2.45) is 0 Å². The van der Waals surface area contributed by atoms with Gasteiger partial charge in [-0.15, -0.1) is 0 Å². The first-order valence-corrected chi connectivity index (χ1v) is 13.5. The van der Waals surface area contributed by atoms with Crippen LogP contribution in [0.4, 0.5) is 5.69 Å². The third kappa shape index (κ3) is 6.91. The Kier molecular flexibility index (Phi) is 8.67. The number of allylic oxidation sites excluding steroid dienone is 1. The smallest absolute Gasteiger partial charge is 0.255 e. The molecule has 5 heteroatoms. The van der Waals surface area contributed by atoms with Crippen LogP contribution in [0.5, 0.6) is 5.75 Å². The van der Waals surface area contributed by atoms with Gasteiger partial charge in [-0.2, -0.15) is 0 Å². The molecule has 0 saturated heterocycles. The fourth-order valence-corrected chi connectivity index (χ4v) is 4.90. The summed E-state index contributed by atoms with van der Waals surface area (Å²) in [4.78, 5) is 26.2. The van der Waals surface area contributed by atoms with Crippen LogP contribution in [0.2, 0.25) is 0 Å². The summed E-state index contributed by atoms with van der Waals surface area (Å²) in [6.07, 6.45) is 8.41. The zero-order valence-corrected chi connectivity index (χ0v) is 22.9. The first-order chi connectivity index (χ1) is 18.3. The van der Waals surface area contributed by atoms with Gasteiger partial charge in [0.2, 0.25) is 0 Å². The van der Waals surface area contributed by atoms with Crippen LogP contribution in [-0.2, 0) is 12.8 Å². The summed E-state index contributed by atoms with van der Waals surface area (Å²) in [6.45, 7) is 6.45. The van der Waals surface area contributed by atoms with E-state index in [9.17, 15) is 9.59 Å². The molecule has 1 aliphatic rings. The van der Waals surface area contributed by atoms with Gasteiger partial charge in [-0.05, 0) is 80.6 Å². The number of hydrogen-bond acceptors (Lipinski definition) is 4. The average Bonchev–Trinajstić information content (AvgIpc) is 2.91. The van der Waals surface area contributed by atoms with Crippen LogP contribution < -0.4 is 15.4 Å². The number of nitrogens with one attached hydrogen (secondary N) is 2. The number of hydrogen-bond donors (Lipinski definition) is 2. The number of fused-ring (bicyclic) bond motifs is 1. The fourth-order valence-electron chi connectivity index (χ4n) is 4.90. The number of aryl methyl sites for hydroxylation is 1. The molecule has 4 rings (SSSR count). The molecule has 1 amide bonds. The quantitative estimate of drug-likeness (QED) is 0.172. The highest BCUT2D eigenvalue weighted by Gasteiger charge is 2.28. The average molecular weight is 511 g/mol. The number of methoxy groups -OCH3 is 1. The van der Waals surface area contributed by atoms with Crippen molar-refractivity contribution in [1.29, 1.82) is 0 Å². The molecular formula is C33H38N2O3. The van der Waals surface area contributed by atoms with Crippen molar-refractivity contribution in [1.82, 2.24) is 5.32 Å². The lowest BCUT2D eigenvalue weighted by Gasteiger charge is -2.35. The number of carbonyl (C=O) groups is 2. The van der Waals surface area contributed by atoms with Crippen molar-refractivity contribution in [3.8, 4) is 5.75 Å². The zero-order chi connectivity index (χ0) is 27.1. The Bertz CT molecular complexity index is 1320. The molecule has 0 bridgehead atoms.